The first-order chi connectivity index (χ1) is 15.2. The van der Waals surface area contributed by atoms with E-state index in [-0.39, 0.29) is 6.10 Å². The van der Waals surface area contributed by atoms with Gasteiger partial charge in [-0.05, 0) is 30.7 Å². The summed E-state index contributed by atoms with van der Waals surface area (Å²) in [7, 11) is 0. The van der Waals surface area contributed by atoms with Crippen LogP contribution in [0.15, 0.2) is 18.6 Å². The smallest absolute Gasteiger partial charge is 0.225 e. The highest BCUT2D eigenvalue weighted by atomic mass is 32.1. The Balaban J connectivity index is 1.04. The van der Waals surface area contributed by atoms with Gasteiger partial charge >= 0.3 is 0 Å². The first-order valence-electron chi connectivity index (χ1n) is 11.4. The van der Waals surface area contributed by atoms with Gasteiger partial charge in [0.1, 0.15) is 0 Å². The zero-order chi connectivity index (χ0) is 21.2. The molecule has 9 heteroatoms. The SMILES string of the molecule is CCc1cnc(N2CCC(COC3CN(c4ncc5c(n4)CCN(S)C5)C3)CC2)nc1. The van der Waals surface area contributed by atoms with Crippen molar-refractivity contribution in [3.63, 3.8) is 0 Å². The molecule has 0 unspecified atom stereocenters. The average molecular weight is 442 g/mol. The summed E-state index contributed by atoms with van der Waals surface area (Å²) in [6.07, 6.45) is 10.3. The Morgan fingerprint density at radius 2 is 1.74 bits per heavy atom. The fraction of sp³-hybridized carbons (Fsp3) is 0.636. The molecule has 31 heavy (non-hydrogen) atoms. The van der Waals surface area contributed by atoms with Crippen LogP contribution in [0.2, 0.25) is 0 Å². The molecule has 2 saturated heterocycles. The molecular weight excluding hydrogens is 410 g/mol. The minimum atomic E-state index is 0.288. The van der Waals surface area contributed by atoms with Gasteiger partial charge in [-0.1, -0.05) is 19.7 Å². The molecule has 0 aromatic carbocycles. The van der Waals surface area contributed by atoms with E-state index in [1.807, 2.05) is 22.9 Å². The van der Waals surface area contributed by atoms with E-state index in [0.29, 0.717) is 5.92 Å². The third-order valence-electron chi connectivity index (χ3n) is 6.60. The zero-order valence-electron chi connectivity index (χ0n) is 18.2. The first-order valence-corrected chi connectivity index (χ1v) is 11.8. The summed E-state index contributed by atoms with van der Waals surface area (Å²) in [4.78, 5) is 22.9. The third-order valence-corrected chi connectivity index (χ3v) is 6.94. The van der Waals surface area contributed by atoms with Crippen molar-refractivity contribution in [2.24, 2.45) is 5.92 Å². The van der Waals surface area contributed by atoms with E-state index in [4.69, 9.17) is 9.72 Å². The van der Waals surface area contributed by atoms with Crippen molar-refractivity contribution in [1.82, 2.24) is 24.2 Å². The fourth-order valence-corrected chi connectivity index (χ4v) is 4.67. The van der Waals surface area contributed by atoms with Gasteiger partial charge in [0.15, 0.2) is 0 Å². The van der Waals surface area contributed by atoms with Gasteiger partial charge in [0.05, 0.1) is 18.4 Å². The maximum absolute atomic E-state index is 6.20. The number of rotatable bonds is 6. The molecule has 0 aliphatic carbocycles. The van der Waals surface area contributed by atoms with Gasteiger partial charge in [-0.3, -0.25) is 0 Å². The number of thiol groups is 1. The molecule has 0 bridgehead atoms. The number of hydrogen-bond donors (Lipinski definition) is 1. The molecule has 5 heterocycles. The van der Waals surface area contributed by atoms with Crippen molar-refractivity contribution in [3.8, 4) is 0 Å². The monoisotopic (exact) mass is 441 g/mol. The van der Waals surface area contributed by atoms with Gasteiger partial charge in [-0.2, -0.15) is 0 Å². The maximum Gasteiger partial charge on any atom is 0.225 e. The lowest BCUT2D eigenvalue weighted by Gasteiger charge is -2.40. The molecule has 0 spiro atoms. The molecule has 0 radical (unpaired) electrons. The van der Waals surface area contributed by atoms with Crippen molar-refractivity contribution in [3.05, 3.63) is 35.4 Å². The van der Waals surface area contributed by atoms with Crippen LogP contribution in [0.5, 0.6) is 0 Å². The van der Waals surface area contributed by atoms with E-state index < -0.39 is 0 Å². The van der Waals surface area contributed by atoms with E-state index in [2.05, 4.69) is 44.5 Å². The molecule has 0 atom stereocenters. The lowest BCUT2D eigenvalue weighted by atomic mass is 9.98. The summed E-state index contributed by atoms with van der Waals surface area (Å²) in [6.45, 7) is 8.49. The van der Waals surface area contributed by atoms with Crippen molar-refractivity contribution >= 4 is 24.7 Å². The Kier molecular flexibility index (Phi) is 6.24. The van der Waals surface area contributed by atoms with Crippen molar-refractivity contribution in [2.45, 2.75) is 45.3 Å². The fourth-order valence-electron chi connectivity index (χ4n) is 4.42. The predicted molar refractivity (Wildman–Crippen MR) is 123 cm³/mol. The molecule has 2 aromatic heterocycles. The van der Waals surface area contributed by atoms with Gasteiger partial charge in [-0.15, -0.1) is 0 Å². The number of ether oxygens (including phenoxy) is 1. The summed E-state index contributed by atoms with van der Waals surface area (Å²) < 4.78 is 8.22. The largest absolute Gasteiger partial charge is 0.374 e. The Bertz CT molecular complexity index is 882. The molecule has 8 nitrogen and oxygen atoms in total. The Morgan fingerprint density at radius 3 is 2.48 bits per heavy atom. The molecule has 3 aliphatic rings. The van der Waals surface area contributed by atoms with E-state index in [1.165, 1.54) is 16.8 Å². The number of fused-ring (bicyclic) bond motifs is 1. The van der Waals surface area contributed by atoms with Gasteiger partial charge in [0.25, 0.3) is 0 Å². The zero-order valence-corrected chi connectivity index (χ0v) is 19.0. The van der Waals surface area contributed by atoms with E-state index >= 15 is 0 Å². The minimum absolute atomic E-state index is 0.288. The highest BCUT2D eigenvalue weighted by Gasteiger charge is 2.31. The predicted octanol–water partition coefficient (Wildman–Crippen LogP) is 2.15. The molecule has 2 aromatic rings. The second kappa shape index (κ2) is 9.26. The summed E-state index contributed by atoms with van der Waals surface area (Å²) in [6, 6.07) is 0. The summed E-state index contributed by atoms with van der Waals surface area (Å²) in [5.74, 6) is 2.32. The average Bonchev–Trinajstić information content (AvgIpc) is 2.78. The van der Waals surface area contributed by atoms with Gasteiger partial charge < -0.3 is 14.5 Å². The molecule has 166 valence electrons. The van der Waals surface area contributed by atoms with Crippen LogP contribution in [0.3, 0.4) is 0 Å². The molecular formula is C22H31N7OS. The van der Waals surface area contributed by atoms with E-state index in [0.717, 1.165) is 83.5 Å². The summed E-state index contributed by atoms with van der Waals surface area (Å²) in [5, 5.41) is 0. The Hall–Kier alpha value is -1.97. The summed E-state index contributed by atoms with van der Waals surface area (Å²) in [5.41, 5.74) is 3.54. The van der Waals surface area contributed by atoms with Crippen molar-refractivity contribution < 1.29 is 4.74 Å². The molecule has 0 saturated carbocycles. The molecule has 5 rings (SSSR count). The number of hydrogen-bond acceptors (Lipinski definition) is 9. The number of aromatic nitrogens is 4. The van der Waals surface area contributed by atoms with Crippen LogP contribution in [0, 0.1) is 5.92 Å². The molecule has 3 aliphatic heterocycles. The van der Waals surface area contributed by atoms with Crippen LogP contribution < -0.4 is 9.80 Å². The number of aryl methyl sites for hydroxylation is 1. The lowest BCUT2D eigenvalue weighted by Crippen LogP contribution is -2.53. The van der Waals surface area contributed by atoms with Crippen LogP contribution in [-0.4, -0.2) is 69.7 Å². The van der Waals surface area contributed by atoms with Gasteiger partial charge in [-0.25, -0.2) is 24.2 Å². The minimum Gasteiger partial charge on any atom is -0.374 e. The topological polar surface area (TPSA) is 70.5 Å². The van der Waals surface area contributed by atoms with Gasteiger partial charge in [0, 0.05) is 69.8 Å². The molecule has 2 fully saturated rings. The number of piperidine rings is 1. The maximum atomic E-state index is 6.20. The third kappa shape index (κ3) is 4.78. The lowest BCUT2D eigenvalue weighted by molar-refractivity contribution is 0.00766. The number of nitrogens with zero attached hydrogens (tertiary/aromatic N) is 7. The number of anilines is 2. The van der Waals surface area contributed by atoms with Crippen LogP contribution in [0.1, 0.15) is 36.6 Å². The summed E-state index contributed by atoms with van der Waals surface area (Å²) >= 11 is 4.43. The second-order valence-electron chi connectivity index (χ2n) is 8.82. The van der Waals surface area contributed by atoms with Crippen molar-refractivity contribution in [2.75, 3.05) is 49.1 Å². The normalized spacial score (nSPS) is 20.6. The van der Waals surface area contributed by atoms with Crippen LogP contribution in [0.25, 0.3) is 0 Å². The highest BCUT2D eigenvalue weighted by molar-refractivity contribution is 7.77. The standard InChI is InChI=1S/C22H31N7OS/c1-2-16-9-23-21(24-10-16)27-6-3-17(4-7-27)15-30-19-13-28(14-19)22-25-11-18-12-29(31)8-5-20(18)26-22/h9-11,17,19,31H,2-8,12-15H2,1H3. The van der Waals surface area contributed by atoms with Crippen molar-refractivity contribution in [1.29, 1.82) is 0 Å². The highest BCUT2D eigenvalue weighted by Crippen LogP contribution is 2.25. The molecule has 0 N–H and O–H groups in total. The Labute approximate surface area is 189 Å². The van der Waals surface area contributed by atoms with Crippen LogP contribution in [-0.2, 0) is 24.1 Å². The van der Waals surface area contributed by atoms with E-state index in [9.17, 15) is 0 Å². The second-order valence-corrected chi connectivity index (χ2v) is 9.38. The van der Waals surface area contributed by atoms with Crippen LogP contribution >= 0.6 is 12.8 Å². The van der Waals surface area contributed by atoms with Gasteiger partial charge in [0.2, 0.25) is 11.9 Å². The first kappa shape index (κ1) is 20.9. The van der Waals surface area contributed by atoms with E-state index in [1.54, 1.807) is 0 Å². The van der Waals surface area contributed by atoms with Crippen LogP contribution in [0.4, 0.5) is 11.9 Å². The Morgan fingerprint density at radius 1 is 1.00 bits per heavy atom. The molecule has 0 amide bonds. The quantitative estimate of drug-likeness (QED) is 0.684.